The van der Waals surface area contributed by atoms with Crippen LogP contribution in [0.2, 0.25) is 0 Å². The smallest absolute Gasteiger partial charge is 0.238 e. The van der Waals surface area contributed by atoms with Gasteiger partial charge < -0.3 is 18.3 Å². The zero-order valence-electron chi connectivity index (χ0n) is 48.4. The Bertz CT molecular complexity index is 5890. The summed E-state index contributed by atoms with van der Waals surface area (Å²) in [5.74, 6) is 1.55. The molecule has 0 radical (unpaired) electrons. The SMILES string of the molecule is c1ccc(-n2c3ccccc3c3ccc4c(c5ccccc5n4-c4cc(-c5nc(C6c7ccccc7-c7ccccc76)nc(-n6c7ccccc7c7ccccc76)n5)cc(-n5c6ccccc6c6c5ccc5c7ccccc7n(-c7ccccc7)c56)c4)c32)cc1. The van der Waals surface area contributed by atoms with Crippen molar-refractivity contribution in [1.82, 2.24) is 37.8 Å². The van der Waals surface area contributed by atoms with Gasteiger partial charge in [0, 0.05) is 82.2 Å². The molecule has 418 valence electrons. The molecule has 0 spiro atoms. The molecule has 1 aliphatic rings. The number of nitrogens with zero attached hydrogens (tertiary/aromatic N) is 8. The Labute approximate surface area is 515 Å². The Morgan fingerprint density at radius 1 is 0.244 bits per heavy atom. The first-order chi connectivity index (χ1) is 44.7. The third-order valence-electron chi connectivity index (χ3n) is 19.2. The second kappa shape index (κ2) is 18.7. The normalized spacial score (nSPS) is 12.6. The van der Waals surface area contributed by atoms with Gasteiger partial charge in [0.15, 0.2) is 5.82 Å². The summed E-state index contributed by atoms with van der Waals surface area (Å²) in [7, 11) is 0. The molecule has 0 N–H and O–H groups in total. The van der Waals surface area contributed by atoms with Crippen molar-refractivity contribution in [3.8, 4) is 51.2 Å². The lowest BCUT2D eigenvalue weighted by Crippen LogP contribution is -2.12. The second-order valence-electron chi connectivity index (χ2n) is 23.8. The summed E-state index contributed by atoms with van der Waals surface area (Å²) in [5.41, 5.74) is 20.8. The predicted molar refractivity (Wildman–Crippen MR) is 370 cm³/mol. The van der Waals surface area contributed by atoms with Crippen LogP contribution in [-0.4, -0.2) is 37.8 Å². The Kier molecular flexibility index (Phi) is 10.2. The van der Waals surface area contributed by atoms with Crippen molar-refractivity contribution < 1.29 is 0 Å². The lowest BCUT2D eigenvalue weighted by atomic mass is 9.96. The number of benzene rings is 13. The molecule has 13 aromatic carbocycles. The summed E-state index contributed by atoms with van der Waals surface area (Å²) in [6, 6.07) is 108. The van der Waals surface area contributed by atoms with Crippen molar-refractivity contribution >= 4 is 109 Å². The van der Waals surface area contributed by atoms with Crippen LogP contribution in [0.5, 0.6) is 0 Å². The predicted octanol–water partition coefficient (Wildman–Crippen LogP) is 20.2. The molecule has 90 heavy (non-hydrogen) atoms. The molecular formula is C82H50N8. The van der Waals surface area contributed by atoms with Crippen LogP contribution in [0.15, 0.2) is 297 Å². The summed E-state index contributed by atoms with van der Waals surface area (Å²) in [4.78, 5) is 17.2. The highest BCUT2D eigenvalue weighted by Crippen LogP contribution is 2.49. The average molecular weight is 1150 g/mol. The maximum Gasteiger partial charge on any atom is 0.238 e. The van der Waals surface area contributed by atoms with Crippen molar-refractivity contribution in [3.63, 3.8) is 0 Å². The molecule has 0 amide bonds. The van der Waals surface area contributed by atoms with E-state index in [0.29, 0.717) is 17.6 Å². The third kappa shape index (κ3) is 6.81. The molecule has 0 saturated carbocycles. The van der Waals surface area contributed by atoms with E-state index in [-0.39, 0.29) is 5.92 Å². The van der Waals surface area contributed by atoms with Crippen LogP contribution in [0.25, 0.3) is 160 Å². The van der Waals surface area contributed by atoms with Gasteiger partial charge in [0.1, 0.15) is 5.82 Å². The Morgan fingerprint density at radius 2 is 0.611 bits per heavy atom. The second-order valence-corrected chi connectivity index (χ2v) is 23.8. The largest absolute Gasteiger partial charge is 0.309 e. The molecule has 8 heteroatoms. The lowest BCUT2D eigenvalue weighted by molar-refractivity contribution is 0.823. The van der Waals surface area contributed by atoms with Gasteiger partial charge in [-0.1, -0.05) is 206 Å². The fourth-order valence-corrected chi connectivity index (χ4v) is 15.6. The van der Waals surface area contributed by atoms with Gasteiger partial charge in [-0.15, -0.1) is 0 Å². The minimum Gasteiger partial charge on any atom is -0.309 e. The molecule has 0 unspecified atom stereocenters. The first kappa shape index (κ1) is 49.0. The van der Waals surface area contributed by atoms with Crippen LogP contribution in [0.1, 0.15) is 22.9 Å². The number of aromatic nitrogens is 8. The van der Waals surface area contributed by atoms with E-state index in [0.717, 1.165) is 94.0 Å². The van der Waals surface area contributed by atoms with Gasteiger partial charge in [0.2, 0.25) is 5.95 Å². The zero-order valence-corrected chi connectivity index (χ0v) is 48.4. The maximum atomic E-state index is 5.81. The van der Waals surface area contributed by atoms with Crippen molar-refractivity contribution in [1.29, 1.82) is 0 Å². The quantitative estimate of drug-likeness (QED) is 0.160. The van der Waals surface area contributed by atoms with E-state index in [2.05, 4.69) is 320 Å². The molecule has 6 aromatic heterocycles. The fraction of sp³-hybridized carbons (Fsp3) is 0.0122. The van der Waals surface area contributed by atoms with E-state index >= 15 is 0 Å². The Balaban J connectivity index is 0.931. The zero-order chi connectivity index (χ0) is 58.7. The Hall–Kier alpha value is -12.1. The highest BCUT2D eigenvalue weighted by molar-refractivity contribution is 6.28. The third-order valence-corrected chi connectivity index (χ3v) is 19.2. The van der Waals surface area contributed by atoms with E-state index in [1.54, 1.807) is 0 Å². The highest BCUT2D eigenvalue weighted by atomic mass is 15.2. The van der Waals surface area contributed by atoms with Crippen LogP contribution >= 0.6 is 0 Å². The maximum absolute atomic E-state index is 5.81. The topological polar surface area (TPSA) is 63.3 Å². The molecule has 19 aromatic rings. The van der Waals surface area contributed by atoms with Gasteiger partial charge in [-0.2, -0.15) is 9.97 Å². The molecule has 0 aliphatic heterocycles. The summed E-state index contributed by atoms with van der Waals surface area (Å²) in [6.07, 6.45) is 0. The lowest BCUT2D eigenvalue weighted by Gasteiger charge is -2.18. The number of hydrogen-bond donors (Lipinski definition) is 0. The van der Waals surface area contributed by atoms with Crippen LogP contribution in [0.3, 0.4) is 0 Å². The van der Waals surface area contributed by atoms with Crippen molar-refractivity contribution in [3.05, 3.63) is 314 Å². The van der Waals surface area contributed by atoms with E-state index in [1.165, 1.54) is 65.6 Å². The molecule has 1 aliphatic carbocycles. The van der Waals surface area contributed by atoms with Crippen LogP contribution in [0, 0.1) is 0 Å². The highest BCUT2D eigenvalue weighted by Gasteiger charge is 2.34. The van der Waals surface area contributed by atoms with Crippen molar-refractivity contribution in [2.24, 2.45) is 0 Å². The number of hydrogen-bond acceptors (Lipinski definition) is 3. The van der Waals surface area contributed by atoms with E-state index < -0.39 is 0 Å². The van der Waals surface area contributed by atoms with Crippen LogP contribution in [-0.2, 0) is 0 Å². The van der Waals surface area contributed by atoms with Gasteiger partial charge >= 0.3 is 0 Å². The Morgan fingerprint density at radius 3 is 1.07 bits per heavy atom. The average Bonchev–Trinajstić information content (AvgIpc) is 1.58. The summed E-state index contributed by atoms with van der Waals surface area (Å²) < 4.78 is 12.1. The standard InChI is InChI=1S/C82H50N8/c1-3-23-51(24-4-1)88-67-37-17-13-31-59(67)63-43-45-73-76(78(63)88)65-35-15-21-41-71(65)86(73)53-47-50(48-54(49-53)87-72-42-22-16-36-66(72)77-74(87)46-44-64-60-32-14-18-38-68(60)89(79(64)77)52-25-5-2-6-26-52)80-83-81(75-61-33-9-7-27-55(61)56-28-8-10-34-62(56)75)85-82(84-80)90-69-39-19-11-29-57(69)58-30-12-20-40-70(58)90/h1-49,75H. The van der Waals surface area contributed by atoms with Gasteiger partial charge in [0.05, 0.1) is 61.1 Å². The summed E-state index contributed by atoms with van der Waals surface area (Å²) in [6.45, 7) is 0. The van der Waals surface area contributed by atoms with Crippen LogP contribution in [0.4, 0.5) is 0 Å². The number of rotatable bonds is 7. The molecule has 8 nitrogen and oxygen atoms in total. The summed E-state index contributed by atoms with van der Waals surface area (Å²) in [5, 5.41) is 11.8. The first-order valence-electron chi connectivity index (χ1n) is 30.8. The van der Waals surface area contributed by atoms with Gasteiger partial charge in [-0.25, -0.2) is 4.98 Å². The van der Waals surface area contributed by atoms with Gasteiger partial charge in [0.25, 0.3) is 0 Å². The molecule has 0 bridgehead atoms. The molecule has 20 rings (SSSR count). The molecular weight excluding hydrogens is 1100 g/mol. The van der Waals surface area contributed by atoms with Gasteiger partial charge in [-0.3, -0.25) is 4.57 Å². The molecule has 0 saturated heterocycles. The van der Waals surface area contributed by atoms with E-state index in [1.807, 2.05) is 0 Å². The van der Waals surface area contributed by atoms with E-state index in [9.17, 15) is 0 Å². The fourth-order valence-electron chi connectivity index (χ4n) is 15.6. The van der Waals surface area contributed by atoms with Crippen molar-refractivity contribution in [2.45, 2.75) is 5.92 Å². The van der Waals surface area contributed by atoms with Crippen LogP contribution < -0.4 is 0 Å². The molecule has 0 atom stereocenters. The monoisotopic (exact) mass is 1150 g/mol. The molecule has 6 heterocycles. The minimum absolute atomic E-state index is 0.263. The minimum atomic E-state index is -0.263. The first-order valence-corrected chi connectivity index (χ1v) is 30.8. The molecule has 0 fully saturated rings. The van der Waals surface area contributed by atoms with Crippen molar-refractivity contribution in [2.75, 3.05) is 0 Å². The number of fused-ring (bicyclic) bond motifs is 20. The number of para-hydroxylation sites is 8. The van der Waals surface area contributed by atoms with E-state index in [4.69, 9.17) is 15.0 Å². The summed E-state index contributed by atoms with van der Waals surface area (Å²) >= 11 is 0. The van der Waals surface area contributed by atoms with Gasteiger partial charge in [-0.05, 0) is 113 Å².